The number of halogens is 2. The van der Waals surface area contributed by atoms with Crippen LogP contribution in [0.25, 0.3) is 10.9 Å². The van der Waals surface area contributed by atoms with Crippen LogP contribution in [-0.2, 0) is 0 Å². The minimum absolute atomic E-state index is 0.550. The number of aromatic nitrogens is 1. The summed E-state index contributed by atoms with van der Waals surface area (Å²) in [4.78, 5) is 3.14. The Morgan fingerprint density at radius 2 is 1.95 bits per heavy atom. The van der Waals surface area contributed by atoms with E-state index in [4.69, 9.17) is 11.6 Å². The average Bonchev–Trinajstić information content (AvgIpc) is 2.86. The number of aliphatic hydroxyl groups excluding tert-OH is 1. The van der Waals surface area contributed by atoms with E-state index < -0.39 is 6.10 Å². The predicted octanol–water partition coefficient (Wildman–Crippen LogP) is 4.67. The number of fused-ring (bicyclic) bond motifs is 1. The maximum atomic E-state index is 10.6. The molecule has 0 saturated carbocycles. The molecule has 0 saturated heterocycles. The second-order valence-electron chi connectivity index (χ2n) is 4.35. The molecule has 4 heteroatoms. The van der Waals surface area contributed by atoms with E-state index >= 15 is 0 Å². The first-order valence-corrected chi connectivity index (χ1v) is 7.03. The van der Waals surface area contributed by atoms with Crippen LogP contribution in [0.2, 0.25) is 5.02 Å². The Labute approximate surface area is 124 Å². The number of H-pyrrole nitrogens is 1. The van der Waals surface area contributed by atoms with Crippen molar-refractivity contribution in [1.29, 1.82) is 0 Å². The van der Waals surface area contributed by atoms with Gasteiger partial charge in [0.1, 0.15) is 6.10 Å². The lowest BCUT2D eigenvalue weighted by atomic mass is 9.98. The van der Waals surface area contributed by atoms with Gasteiger partial charge in [-0.1, -0.05) is 45.7 Å². The van der Waals surface area contributed by atoms with Crippen molar-refractivity contribution in [1.82, 2.24) is 4.98 Å². The summed E-state index contributed by atoms with van der Waals surface area (Å²) >= 11 is 9.57. The van der Waals surface area contributed by atoms with Gasteiger partial charge in [-0.15, -0.1) is 0 Å². The highest BCUT2D eigenvalue weighted by atomic mass is 79.9. The second kappa shape index (κ2) is 5.00. The van der Waals surface area contributed by atoms with Crippen LogP contribution in [0, 0.1) is 0 Å². The molecule has 0 bridgehead atoms. The molecule has 1 atom stereocenters. The Bertz CT molecular complexity index is 738. The minimum atomic E-state index is -0.736. The molecule has 2 nitrogen and oxygen atoms in total. The topological polar surface area (TPSA) is 36.0 Å². The lowest BCUT2D eigenvalue weighted by molar-refractivity contribution is 0.222. The summed E-state index contributed by atoms with van der Waals surface area (Å²) in [5, 5.41) is 12.1. The Balaban J connectivity index is 2.13. The van der Waals surface area contributed by atoms with Gasteiger partial charge in [0.2, 0.25) is 0 Å². The molecular formula is C15H11BrClNO. The maximum Gasteiger partial charge on any atom is 0.106 e. The number of hydrogen-bond acceptors (Lipinski definition) is 1. The highest BCUT2D eigenvalue weighted by Crippen LogP contribution is 2.33. The summed E-state index contributed by atoms with van der Waals surface area (Å²) < 4.78 is 0.897. The molecule has 2 aromatic carbocycles. The summed E-state index contributed by atoms with van der Waals surface area (Å²) in [6.45, 7) is 0. The first-order chi connectivity index (χ1) is 9.16. The largest absolute Gasteiger partial charge is 0.384 e. The Hall–Kier alpha value is -1.29. The monoisotopic (exact) mass is 335 g/mol. The van der Waals surface area contributed by atoms with Crippen LogP contribution in [0.4, 0.5) is 0 Å². The van der Waals surface area contributed by atoms with Crippen molar-refractivity contribution in [3.8, 4) is 0 Å². The summed E-state index contributed by atoms with van der Waals surface area (Å²) in [5.74, 6) is 0. The highest BCUT2D eigenvalue weighted by Gasteiger charge is 2.16. The fraction of sp³-hybridized carbons (Fsp3) is 0.0667. The molecule has 1 aromatic heterocycles. The standard InChI is InChI=1S/C15H11BrClNO/c16-9-4-5-12(13(17)8-9)15(19)11-2-1-3-14-10(11)6-7-18-14/h1-8,15,18-19H. The van der Waals surface area contributed by atoms with E-state index in [-0.39, 0.29) is 0 Å². The van der Waals surface area contributed by atoms with Gasteiger partial charge >= 0.3 is 0 Å². The van der Waals surface area contributed by atoms with Crippen molar-refractivity contribution < 1.29 is 5.11 Å². The normalized spacial score (nSPS) is 12.8. The number of hydrogen-bond donors (Lipinski definition) is 2. The third kappa shape index (κ3) is 2.29. The van der Waals surface area contributed by atoms with Gasteiger partial charge in [0.25, 0.3) is 0 Å². The molecular weight excluding hydrogens is 326 g/mol. The zero-order chi connectivity index (χ0) is 13.4. The third-order valence-corrected chi connectivity index (χ3v) is 4.00. The predicted molar refractivity (Wildman–Crippen MR) is 81.5 cm³/mol. The van der Waals surface area contributed by atoms with Crippen molar-refractivity contribution in [3.63, 3.8) is 0 Å². The molecule has 0 aliphatic heterocycles. The van der Waals surface area contributed by atoms with Crippen molar-refractivity contribution >= 4 is 38.4 Å². The van der Waals surface area contributed by atoms with E-state index in [1.54, 1.807) is 6.07 Å². The molecule has 0 aliphatic rings. The quantitative estimate of drug-likeness (QED) is 0.701. The summed E-state index contributed by atoms with van der Waals surface area (Å²) in [7, 11) is 0. The van der Waals surface area contributed by atoms with Crippen molar-refractivity contribution in [2.24, 2.45) is 0 Å². The van der Waals surface area contributed by atoms with E-state index in [1.807, 2.05) is 42.6 Å². The van der Waals surface area contributed by atoms with E-state index in [0.717, 1.165) is 20.9 Å². The van der Waals surface area contributed by atoms with Crippen LogP contribution in [-0.4, -0.2) is 10.1 Å². The van der Waals surface area contributed by atoms with Crippen LogP contribution in [0.1, 0.15) is 17.2 Å². The zero-order valence-electron chi connectivity index (χ0n) is 9.90. The molecule has 3 rings (SSSR count). The fourth-order valence-electron chi connectivity index (χ4n) is 2.24. The molecule has 0 aliphatic carbocycles. The Kier molecular flexibility index (Phi) is 3.35. The van der Waals surface area contributed by atoms with Gasteiger partial charge in [0.15, 0.2) is 0 Å². The first-order valence-electron chi connectivity index (χ1n) is 5.86. The number of nitrogens with one attached hydrogen (secondary N) is 1. The molecule has 1 unspecified atom stereocenters. The summed E-state index contributed by atoms with van der Waals surface area (Å²) in [6.07, 6.45) is 1.13. The molecule has 2 N–H and O–H groups in total. The van der Waals surface area contributed by atoms with Gasteiger partial charge in [-0.3, -0.25) is 0 Å². The van der Waals surface area contributed by atoms with Gasteiger partial charge in [0, 0.05) is 32.2 Å². The van der Waals surface area contributed by atoms with Crippen molar-refractivity contribution in [2.45, 2.75) is 6.10 Å². The van der Waals surface area contributed by atoms with E-state index in [1.165, 1.54) is 0 Å². The van der Waals surface area contributed by atoms with Crippen molar-refractivity contribution in [3.05, 3.63) is 69.3 Å². The molecule has 0 radical (unpaired) electrons. The number of aliphatic hydroxyl groups is 1. The van der Waals surface area contributed by atoms with Crippen LogP contribution in [0.15, 0.2) is 53.1 Å². The molecule has 1 heterocycles. The van der Waals surface area contributed by atoms with E-state index in [2.05, 4.69) is 20.9 Å². The minimum Gasteiger partial charge on any atom is -0.384 e. The molecule has 96 valence electrons. The number of benzene rings is 2. The van der Waals surface area contributed by atoms with Crippen LogP contribution in [0.3, 0.4) is 0 Å². The fourth-order valence-corrected chi connectivity index (χ4v) is 3.02. The Morgan fingerprint density at radius 1 is 1.11 bits per heavy atom. The van der Waals surface area contributed by atoms with Gasteiger partial charge < -0.3 is 10.1 Å². The lowest BCUT2D eigenvalue weighted by Crippen LogP contribution is -2.01. The number of rotatable bonds is 2. The van der Waals surface area contributed by atoms with E-state index in [0.29, 0.717) is 10.6 Å². The SMILES string of the molecule is OC(c1ccc(Br)cc1Cl)c1cccc2[nH]ccc12. The zero-order valence-corrected chi connectivity index (χ0v) is 12.2. The molecule has 0 spiro atoms. The van der Waals surface area contributed by atoms with Gasteiger partial charge in [-0.2, -0.15) is 0 Å². The van der Waals surface area contributed by atoms with Gasteiger partial charge in [-0.25, -0.2) is 0 Å². The summed E-state index contributed by atoms with van der Waals surface area (Å²) in [5.41, 5.74) is 2.56. The van der Waals surface area contributed by atoms with Gasteiger partial charge in [0.05, 0.1) is 0 Å². The molecule has 0 amide bonds. The molecule has 3 aromatic rings. The van der Waals surface area contributed by atoms with Gasteiger partial charge in [-0.05, 0) is 29.8 Å². The molecule has 0 fully saturated rings. The van der Waals surface area contributed by atoms with Crippen LogP contribution in [0.5, 0.6) is 0 Å². The second-order valence-corrected chi connectivity index (χ2v) is 5.68. The first kappa shape index (κ1) is 12.7. The Morgan fingerprint density at radius 3 is 2.74 bits per heavy atom. The lowest BCUT2D eigenvalue weighted by Gasteiger charge is -2.14. The summed E-state index contributed by atoms with van der Waals surface area (Å²) in [6, 6.07) is 13.3. The third-order valence-electron chi connectivity index (χ3n) is 3.18. The maximum absolute atomic E-state index is 10.6. The van der Waals surface area contributed by atoms with Crippen LogP contribution >= 0.6 is 27.5 Å². The van der Waals surface area contributed by atoms with E-state index in [9.17, 15) is 5.11 Å². The average molecular weight is 337 g/mol. The number of aromatic amines is 1. The van der Waals surface area contributed by atoms with Crippen LogP contribution < -0.4 is 0 Å². The van der Waals surface area contributed by atoms with Crippen molar-refractivity contribution in [2.75, 3.05) is 0 Å². The molecule has 19 heavy (non-hydrogen) atoms. The smallest absolute Gasteiger partial charge is 0.106 e. The highest BCUT2D eigenvalue weighted by molar-refractivity contribution is 9.10.